The monoisotopic (exact) mass is 1040 g/mol. The van der Waals surface area contributed by atoms with E-state index >= 15 is 0 Å². The fourth-order valence-electron chi connectivity index (χ4n) is 8.64. The summed E-state index contributed by atoms with van der Waals surface area (Å²) in [6, 6.07) is 0. The average Bonchev–Trinajstić information content (AvgIpc) is 3.41. The van der Waals surface area contributed by atoms with Crippen molar-refractivity contribution in [2.24, 2.45) is 0 Å². The van der Waals surface area contributed by atoms with E-state index in [1.807, 2.05) is 0 Å². The van der Waals surface area contributed by atoms with E-state index in [0.29, 0.717) is 19.3 Å². The molecule has 0 aromatic heterocycles. The van der Waals surface area contributed by atoms with Crippen LogP contribution in [0.5, 0.6) is 0 Å². The average molecular weight is 1040 g/mol. The van der Waals surface area contributed by atoms with E-state index in [4.69, 9.17) is 14.2 Å². The van der Waals surface area contributed by atoms with Crippen LogP contribution in [0, 0.1) is 0 Å². The van der Waals surface area contributed by atoms with E-state index in [9.17, 15) is 14.4 Å². The Kier molecular flexibility index (Phi) is 59.3. The lowest BCUT2D eigenvalue weighted by Crippen LogP contribution is -2.30. The lowest BCUT2D eigenvalue weighted by atomic mass is 10.0. The summed E-state index contributed by atoms with van der Waals surface area (Å²) in [6.45, 7) is 6.36. The van der Waals surface area contributed by atoms with Crippen molar-refractivity contribution in [3.63, 3.8) is 0 Å². The van der Waals surface area contributed by atoms with Crippen molar-refractivity contribution in [1.29, 1.82) is 0 Å². The van der Waals surface area contributed by atoms with Crippen molar-refractivity contribution >= 4 is 17.9 Å². The minimum atomic E-state index is -0.787. The number of ether oxygens (including phenoxy) is 3. The van der Waals surface area contributed by atoms with E-state index in [-0.39, 0.29) is 31.1 Å². The van der Waals surface area contributed by atoms with Crippen LogP contribution in [0.4, 0.5) is 0 Å². The second-order valence-electron chi connectivity index (χ2n) is 20.6. The van der Waals surface area contributed by atoms with Gasteiger partial charge in [-0.25, -0.2) is 0 Å². The van der Waals surface area contributed by atoms with Crippen molar-refractivity contribution in [2.75, 3.05) is 13.2 Å². The number of esters is 3. The summed E-state index contributed by atoms with van der Waals surface area (Å²) in [6.07, 6.45) is 85.6. The van der Waals surface area contributed by atoms with Crippen molar-refractivity contribution < 1.29 is 28.6 Å². The Hall–Kier alpha value is -3.93. The zero-order valence-corrected chi connectivity index (χ0v) is 49.0. The third kappa shape index (κ3) is 60.8. The van der Waals surface area contributed by atoms with Gasteiger partial charge in [-0.15, -0.1) is 0 Å². The van der Waals surface area contributed by atoms with Crippen LogP contribution < -0.4 is 0 Å². The van der Waals surface area contributed by atoms with Gasteiger partial charge in [0.2, 0.25) is 0 Å². The van der Waals surface area contributed by atoms with Gasteiger partial charge in [0.25, 0.3) is 0 Å². The Balaban J connectivity index is 4.06. The Morgan fingerprint density at radius 2 is 0.520 bits per heavy atom. The minimum absolute atomic E-state index is 0.0857. The first-order valence-electron chi connectivity index (χ1n) is 31.4. The van der Waals surface area contributed by atoms with Gasteiger partial charge in [0, 0.05) is 19.3 Å². The maximum Gasteiger partial charge on any atom is 0.306 e. The van der Waals surface area contributed by atoms with Crippen molar-refractivity contribution in [2.45, 2.75) is 297 Å². The second kappa shape index (κ2) is 62.6. The molecule has 0 aliphatic rings. The number of allylic oxidation sites excluding steroid dienone is 18. The number of carbonyl (C=O) groups is 3. The number of rotatable bonds is 56. The molecular weight excluding hydrogens is 925 g/mol. The van der Waals surface area contributed by atoms with Crippen LogP contribution in [0.25, 0.3) is 0 Å². The minimum Gasteiger partial charge on any atom is -0.462 e. The fraction of sp³-hybridized carbons (Fsp3) is 0.696. The molecule has 0 radical (unpaired) electrons. The standard InChI is InChI=1S/C69H116O6/c1-4-7-10-13-16-18-20-22-24-26-27-28-29-30-31-32-33-34-35-36-37-38-39-40-41-43-44-46-48-50-53-56-59-62-68(71)74-65-66(64-73-67(70)61-58-55-52-15-12-9-6-3)75-69(72)63-60-57-54-51-49-47-45-42-25-23-21-19-17-14-11-8-5-2/h7-8,10-11,16-19,22-25,27-28,30-31,45,47,66H,4-6,9,12-15,20-21,26,29,32-44,46,48-65H2,1-3H3/b10-7-,11-8-,18-16-,19-17-,24-22-,25-23-,28-27-,31-30-,47-45-. The predicted octanol–water partition coefficient (Wildman–Crippen LogP) is 21.4. The summed E-state index contributed by atoms with van der Waals surface area (Å²) in [5.41, 5.74) is 0. The van der Waals surface area contributed by atoms with Gasteiger partial charge in [-0.1, -0.05) is 278 Å². The largest absolute Gasteiger partial charge is 0.462 e. The van der Waals surface area contributed by atoms with Crippen molar-refractivity contribution in [3.05, 3.63) is 109 Å². The van der Waals surface area contributed by atoms with Crippen LogP contribution in [-0.4, -0.2) is 37.2 Å². The zero-order valence-electron chi connectivity index (χ0n) is 49.0. The first-order valence-corrected chi connectivity index (χ1v) is 31.4. The quantitative estimate of drug-likeness (QED) is 0.0261. The maximum absolute atomic E-state index is 12.8. The highest BCUT2D eigenvalue weighted by atomic mass is 16.6. The molecule has 75 heavy (non-hydrogen) atoms. The molecule has 428 valence electrons. The fourth-order valence-corrected chi connectivity index (χ4v) is 8.64. The van der Waals surface area contributed by atoms with Gasteiger partial charge in [-0.3, -0.25) is 14.4 Å². The number of carbonyl (C=O) groups excluding carboxylic acids is 3. The van der Waals surface area contributed by atoms with Crippen LogP contribution >= 0.6 is 0 Å². The Morgan fingerprint density at radius 3 is 0.813 bits per heavy atom. The Morgan fingerprint density at radius 1 is 0.280 bits per heavy atom. The third-order valence-electron chi connectivity index (χ3n) is 13.3. The molecule has 0 aliphatic carbocycles. The zero-order chi connectivity index (χ0) is 54.3. The molecule has 6 heteroatoms. The molecular formula is C69H116O6. The number of unbranched alkanes of at least 4 members (excludes halogenated alkanes) is 27. The molecule has 0 aliphatic heterocycles. The van der Waals surface area contributed by atoms with Crippen LogP contribution in [0.3, 0.4) is 0 Å². The molecule has 0 fully saturated rings. The number of hydrogen-bond acceptors (Lipinski definition) is 6. The van der Waals surface area contributed by atoms with Crippen LogP contribution in [0.15, 0.2) is 109 Å². The smallest absolute Gasteiger partial charge is 0.306 e. The van der Waals surface area contributed by atoms with Crippen molar-refractivity contribution in [3.8, 4) is 0 Å². The molecule has 0 amide bonds. The lowest BCUT2D eigenvalue weighted by molar-refractivity contribution is -0.167. The highest BCUT2D eigenvalue weighted by Crippen LogP contribution is 2.16. The van der Waals surface area contributed by atoms with E-state index < -0.39 is 6.10 Å². The summed E-state index contributed by atoms with van der Waals surface area (Å²) in [4.78, 5) is 38.0. The maximum atomic E-state index is 12.8. The Bertz CT molecular complexity index is 1520. The molecule has 0 heterocycles. The summed E-state index contributed by atoms with van der Waals surface area (Å²) in [5.74, 6) is -0.911. The summed E-state index contributed by atoms with van der Waals surface area (Å²) in [7, 11) is 0. The SMILES string of the molecule is CC/C=C\C/C=C\C/C=C\C/C=C\C/C=C\CCCCCCCCCCCCCCCCCCCC(=O)OCC(COC(=O)CCCCCCCCC)OC(=O)CCCCCC/C=C\C/C=C\C/C=C\C/C=C\CC. The van der Waals surface area contributed by atoms with E-state index in [1.54, 1.807) is 0 Å². The molecule has 6 nitrogen and oxygen atoms in total. The van der Waals surface area contributed by atoms with Gasteiger partial charge in [-0.2, -0.15) is 0 Å². The molecule has 0 saturated heterocycles. The molecule has 1 unspecified atom stereocenters. The van der Waals surface area contributed by atoms with Crippen LogP contribution in [0.2, 0.25) is 0 Å². The highest BCUT2D eigenvalue weighted by molar-refractivity contribution is 5.71. The van der Waals surface area contributed by atoms with E-state index in [1.165, 1.54) is 122 Å². The van der Waals surface area contributed by atoms with Crippen LogP contribution in [0.1, 0.15) is 290 Å². The second-order valence-corrected chi connectivity index (χ2v) is 20.6. The molecule has 0 spiro atoms. The van der Waals surface area contributed by atoms with Gasteiger partial charge in [0.15, 0.2) is 6.10 Å². The topological polar surface area (TPSA) is 78.9 Å². The molecule has 1 atom stereocenters. The first-order chi connectivity index (χ1) is 37.0. The molecule has 0 bridgehead atoms. The normalized spacial score (nSPS) is 12.8. The molecule has 0 aromatic carbocycles. The van der Waals surface area contributed by atoms with Gasteiger partial charge >= 0.3 is 17.9 Å². The van der Waals surface area contributed by atoms with E-state index in [0.717, 1.165) is 128 Å². The molecule has 0 saturated carbocycles. The summed E-state index contributed by atoms with van der Waals surface area (Å²) >= 11 is 0. The van der Waals surface area contributed by atoms with Gasteiger partial charge in [0.1, 0.15) is 13.2 Å². The molecule has 0 rings (SSSR count). The van der Waals surface area contributed by atoms with E-state index in [2.05, 4.69) is 130 Å². The Labute approximate surface area is 463 Å². The molecule has 0 aromatic rings. The van der Waals surface area contributed by atoms with Crippen LogP contribution in [-0.2, 0) is 28.6 Å². The first kappa shape index (κ1) is 71.1. The summed E-state index contributed by atoms with van der Waals surface area (Å²) in [5, 5.41) is 0. The van der Waals surface area contributed by atoms with Gasteiger partial charge in [0.05, 0.1) is 0 Å². The predicted molar refractivity (Wildman–Crippen MR) is 325 cm³/mol. The van der Waals surface area contributed by atoms with Gasteiger partial charge < -0.3 is 14.2 Å². The number of hydrogen-bond donors (Lipinski definition) is 0. The summed E-state index contributed by atoms with van der Waals surface area (Å²) < 4.78 is 16.8. The van der Waals surface area contributed by atoms with Gasteiger partial charge in [-0.05, 0) is 103 Å². The molecule has 0 N–H and O–H groups in total. The lowest BCUT2D eigenvalue weighted by Gasteiger charge is -2.18. The van der Waals surface area contributed by atoms with Crippen molar-refractivity contribution in [1.82, 2.24) is 0 Å². The highest BCUT2D eigenvalue weighted by Gasteiger charge is 2.19. The third-order valence-corrected chi connectivity index (χ3v) is 13.3.